The molecule has 0 aromatic heterocycles. The van der Waals surface area contributed by atoms with Gasteiger partial charge in [0.2, 0.25) is 5.91 Å². The van der Waals surface area contributed by atoms with E-state index in [1.54, 1.807) is 0 Å². The van der Waals surface area contributed by atoms with Gasteiger partial charge in [0.15, 0.2) is 0 Å². The van der Waals surface area contributed by atoms with Crippen LogP contribution >= 0.6 is 0 Å². The first-order chi connectivity index (χ1) is 8.33. The summed E-state index contributed by atoms with van der Waals surface area (Å²) in [6.07, 6.45) is 2.68. The summed E-state index contributed by atoms with van der Waals surface area (Å²) in [4.78, 5) is 14.4. The first-order valence-electron chi connectivity index (χ1n) is 7.13. The Hall–Kier alpha value is -0.610. The summed E-state index contributed by atoms with van der Waals surface area (Å²) in [7, 11) is 0. The second kappa shape index (κ2) is 6.53. The minimum absolute atomic E-state index is 0.0805. The van der Waals surface area contributed by atoms with Crippen molar-refractivity contribution in [2.75, 3.05) is 19.6 Å². The summed E-state index contributed by atoms with van der Waals surface area (Å²) in [5.74, 6) is 0.0805. The van der Waals surface area contributed by atoms with Crippen molar-refractivity contribution in [2.45, 2.75) is 65.1 Å². The van der Waals surface area contributed by atoms with E-state index < -0.39 is 0 Å². The zero-order valence-corrected chi connectivity index (χ0v) is 12.5. The monoisotopic (exact) mass is 255 g/mol. The molecule has 1 aliphatic carbocycles. The highest BCUT2D eigenvalue weighted by atomic mass is 16.2. The maximum Gasteiger partial charge on any atom is 0.237 e. The van der Waals surface area contributed by atoms with Gasteiger partial charge in [-0.3, -0.25) is 9.69 Å². The average Bonchev–Trinajstić information content (AvgIpc) is 3.05. The van der Waals surface area contributed by atoms with Gasteiger partial charge in [0.05, 0.1) is 6.04 Å². The van der Waals surface area contributed by atoms with Crippen molar-refractivity contribution >= 4 is 5.91 Å². The van der Waals surface area contributed by atoms with E-state index in [0.717, 1.165) is 25.7 Å². The molecule has 1 atom stereocenters. The minimum Gasteiger partial charge on any atom is -0.350 e. The lowest BCUT2D eigenvalue weighted by Crippen LogP contribution is -2.50. The van der Waals surface area contributed by atoms with Gasteiger partial charge in [-0.2, -0.15) is 0 Å². The third kappa shape index (κ3) is 5.83. The van der Waals surface area contributed by atoms with Crippen LogP contribution in [0.15, 0.2) is 0 Å². The molecule has 1 amide bonds. The van der Waals surface area contributed by atoms with E-state index in [9.17, 15) is 4.79 Å². The summed E-state index contributed by atoms with van der Waals surface area (Å²) in [6, 6.07) is 0.678. The Labute approximate surface area is 111 Å². The number of nitrogens with zero attached hydrogens (tertiary/aromatic N) is 1. The van der Waals surface area contributed by atoms with Gasteiger partial charge >= 0.3 is 0 Å². The molecule has 0 spiro atoms. The lowest BCUT2D eigenvalue weighted by Gasteiger charge is -2.25. The zero-order valence-electron chi connectivity index (χ0n) is 12.5. The number of hydrogen-bond donors (Lipinski definition) is 2. The molecule has 0 aromatic rings. The highest BCUT2D eigenvalue weighted by molar-refractivity contribution is 5.81. The number of likely N-dealkylation sites (N-methyl/N-ethyl adjacent to an activating group) is 1. The van der Waals surface area contributed by atoms with Crippen LogP contribution in [0.1, 0.15) is 47.5 Å². The van der Waals surface area contributed by atoms with Crippen LogP contribution in [-0.4, -0.2) is 48.1 Å². The molecular weight excluding hydrogens is 226 g/mol. The highest BCUT2D eigenvalue weighted by Gasteiger charge is 2.27. The van der Waals surface area contributed by atoms with Gasteiger partial charge in [0, 0.05) is 24.7 Å². The molecule has 4 heteroatoms. The van der Waals surface area contributed by atoms with Crippen LogP contribution in [0.2, 0.25) is 0 Å². The molecular formula is C14H29N3O. The van der Waals surface area contributed by atoms with E-state index in [1.807, 2.05) is 27.7 Å². The molecule has 1 fully saturated rings. The van der Waals surface area contributed by atoms with Crippen molar-refractivity contribution in [3.05, 3.63) is 0 Å². The molecule has 0 aromatic carbocycles. The standard InChI is InChI=1S/C14H29N3O/c1-6-17(12-7-8-12)10-9-15-11(2)13(18)16-14(3,4)5/h11-12,15H,6-10H2,1-5H3,(H,16,18). The smallest absolute Gasteiger partial charge is 0.237 e. The molecule has 4 nitrogen and oxygen atoms in total. The van der Waals surface area contributed by atoms with Gasteiger partial charge in [-0.15, -0.1) is 0 Å². The fourth-order valence-electron chi connectivity index (χ4n) is 2.03. The highest BCUT2D eigenvalue weighted by Crippen LogP contribution is 2.25. The molecule has 0 heterocycles. The fourth-order valence-corrected chi connectivity index (χ4v) is 2.03. The molecule has 1 rings (SSSR count). The van der Waals surface area contributed by atoms with E-state index in [2.05, 4.69) is 22.5 Å². The minimum atomic E-state index is -0.156. The number of amides is 1. The Kier molecular flexibility index (Phi) is 5.60. The predicted molar refractivity (Wildman–Crippen MR) is 75.6 cm³/mol. The molecule has 1 unspecified atom stereocenters. The van der Waals surface area contributed by atoms with Gasteiger partial charge in [-0.05, 0) is 47.1 Å². The lowest BCUT2D eigenvalue weighted by molar-refractivity contribution is -0.124. The average molecular weight is 255 g/mol. The summed E-state index contributed by atoms with van der Waals surface area (Å²) in [6.45, 7) is 13.2. The first-order valence-corrected chi connectivity index (χ1v) is 7.13. The third-order valence-corrected chi connectivity index (χ3v) is 3.21. The topological polar surface area (TPSA) is 44.4 Å². The maximum atomic E-state index is 11.9. The van der Waals surface area contributed by atoms with Gasteiger partial charge in [-0.25, -0.2) is 0 Å². The predicted octanol–water partition coefficient (Wildman–Crippen LogP) is 1.36. The summed E-state index contributed by atoms with van der Waals surface area (Å²) < 4.78 is 0. The molecule has 1 saturated carbocycles. The van der Waals surface area contributed by atoms with Crippen LogP contribution in [0.5, 0.6) is 0 Å². The lowest BCUT2D eigenvalue weighted by atomic mass is 10.1. The Morgan fingerprint density at radius 3 is 2.44 bits per heavy atom. The fraction of sp³-hybridized carbons (Fsp3) is 0.929. The first kappa shape index (κ1) is 15.4. The molecule has 106 valence electrons. The zero-order chi connectivity index (χ0) is 13.8. The van der Waals surface area contributed by atoms with Crippen molar-refractivity contribution in [3.8, 4) is 0 Å². The molecule has 2 N–H and O–H groups in total. The SMILES string of the molecule is CCN(CCNC(C)C(=O)NC(C)(C)C)C1CC1. The Balaban J connectivity index is 2.19. The van der Waals surface area contributed by atoms with Crippen LogP contribution in [-0.2, 0) is 4.79 Å². The second-order valence-electron chi connectivity index (χ2n) is 6.27. The molecule has 0 saturated heterocycles. The molecule has 0 bridgehead atoms. The maximum absolute atomic E-state index is 11.9. The van der Waals surface area contributed by atoms with E-state index in [-0.39, 0.29) is 17.5 Å². The largest absolute Gasteiger partial charge is 0.350 e. The summed E-state index contributed by atoms with van der Waals surface area (Å²) in [5.41, 5.74) is -0.156. The van der Waals surface area contributed by atoms with Crippen molar-refractivity contribution in [1.82, 2.24) is 15.5 Å². The van der Waals surface area contributed by atoms with Crippen LogP contribution in [0, 0.1) is 0 Å². The summed E-state index contributed by atoms with van der Waals surface area (Å²) in [5, 5.41) is 6.29. The van der Waals surface area contributed by atoms with Crippen molar-refractivity contribution in [1.29, 1.82) is 0 Å². The van der Waals surface area contributed by atoms with Crippen molar-refractivity contribution in [2.24, 2.45) is 0 Å². The third-order valence-electron chi connectivity index (χ3n) is 3.21. The van der Waals surface area contributed by atoms with Gasteiger partial charge < -0.3 is 10.6 Å². The van der Waals surface area contributed by atoms with Crippen LogP contribution in [0.25, 0.3) is 0 Å². The van der Waals surface area contributed by atoms with E-state index in [0.29, 0.717) is 0 Å². The van der Waals surface area contributed by atoms with Crippen LogP contribution in [0.3, 0.4) is 0 Å². The number of rotatable bonds is 7. The number of carbonyl (C=O) groups is 1. The molecule has 0 radical (unpaired) electrons. The molecule has 1 aliphatic rings. The Morgan fingerprint density at radius 2 is 2.00 bits per heavy atom. The quantitative estimate of drug-likeness (QED) is 0.722. The van der Waals surface area contributed by atoms with Crippen molar-refractivity contribution in [3.63, 3.8) is 0 Å². The second-order valence-corrected chi connectivity index (χ2v) is 6.27. The molecule has 18 heavy (non-hydrogen) atoms. The van der Waals surface area contributed by atoms with Crippen LogP contribution in [0.4, 0.5) is 0 Å². The van der Waals surface area contributed by atoms with E-state index in [1.165, 1.54) is 12.8 Å². The number of carbonyl (C=O) groups excluding carboxylic acids is 1. The normalized spacial score (nSPS) is 17.9. The van der Waals surface area contributed by atoms with E-state index in [4.69, 9.17) is 0 Å². The van der Waals surface area contributed by atoms with Crippen LogP contribution < -0.4 is 10.6 Å². The molecule has 0 aliphatic heterocycles. The number of nitrogens with one attached hydrogen (secondary N) is 2. The van der Waals surface area contributed by atoms with E-state index >= 15 is 0 Å². The number of hydrogen-bond acceptors (Lipinski definition) is 3. The Bertz CT molecular complexity index is 269. The van der Waals surface area contributed by atoms with Gasteiger partial charge in [0.25, 0.3) is 0 Å². The Morgan fingerprint density at radius 1 is 1.39 bits per heavy atom. The van der Waals surface area contributed by atoms with Gasteiger partial charge in [0.1, 0.15) is 0 Å². The summed E-state index contributed by atoms with van der Waals surface area (Å²) >= 11 is 0. The van der Waals surface area contributed by atoms with Crippen molar-refractivity contribution < 1.29 is 4.79 Å². The van der Waals surface area contributed by atoms with Gasteiger partial charge in [-0.1, -0.05) is 6.92 Å².